The van der Waals surface area contributed by atoms with E-state index in [0.717, 1.165) is 19.3 Å². The molecule has 0 amide bonds. The quantitative estimate of drug-likeness (QED) is 0.473. The zero-order chi connectivity index (χ0) is 22.1. The van der Waals surface area contributed by atoms with E-state index in [0.29, 0.717) is 23.2 Å². The molecule has 168 valence electrons. The van der Waals surface area contributed by atoms with Gasteiger partial charge in [-0.1, -0.05) is 56.7 Å². The van der Waals surface area contributed by atoms with Crippen molar-refractivity contribution in [2.24, 2.45) is 29.1 Å². The largest absolute Gasteiger partial charge is 0.393 e. The lowest BCUT2D eigenvalue weighted by atomic mass is 9.62. The summed E-state index contributed by atoms with van der Waals surface area (Å²) >= 11 is 0. The van der Waals surface area contributed by atoms with Gasteiger partial charge in [0, 0.05) is 5.92 Å². The molecule has 0 spiro atoms. The van der Waals surface area contributed by atoms with Crippen LogP contribution in [-0.4, -0.2) is 21.9 Å². The van der Waals surface area contributed by atoms with Crippen LogP contribution in [0.4, 0.5) is 0 Å². The lowest BCUT2D eigenvalue weighted by Crippen LogP contribution is -2.34. The Morgan fingerprint density at radius 3 is 2.57 bits per heavy atom. The molecule has 0 aromatic carbocycles. The summed E-state index contributed by atoms with van der Waals surface area (Å²) in [6.07, 6.45) is 19.3. The standard InChI is InChI=1S/C28H44O2/c1-19-10-14-24(29)18-23(19)13-12-22-8-7-17-28(6)25(15-16-26(22)28)20(2)9-11-21(3)27(4,5)30/h8-9,11-13,20-21,24-26,29-30H,7,10,14-18H2,1-6H3/b11-9+,13-12+/t20?,21?,24-,25-,26?,28-/m1/s1. The molecular formula is C28H44O2. The van der Waals surface area contributed by atoms with Crippen LogP contribution >= 0.6 is 0 Å². The maximum Gasteiger partial charge on any atom is 0.0651 e. The molecule has 0 radical (unpaired) electrons. The lowest BCUT2D eigenvalue weighted by molar-refractivity contribution is 0.0436. The van der Waals surface area contributed by atoms with Gasteiger partial charge in [-0.3, -0.25) is 0 Å². The van der Waals surface area contributed by atoms with E-state index in [1.807, 2.05) is 13.8 Å². The first-order valence-electron chi connectivity index (χ1n) is 12.2. The maximum absolute atomic E-state index is 10.3. The minimum Gasteiger partial charge on any atom is -0.393 e. The van der Waals surface area contributed by atoms with Crippen molar-refractivity contribution in [2.45, 2.75) is 98.2 Å². The summed E-state index contributed by atoms with van der Waals surface area (Å²) in [6.45, 7) is 13.0. The Balaban J connectivity index is 1.73. The first kappa shape index (κ1) is 23.5. The summed E-state index contributed by atoms with van der Waals surface area (Å²) in [4.78, 5) is 0. The van der Waals surface area contributed by atoms with Gasteiger partial charge in [0.1, 0.15) is 0 Å². The smallest absolute Gasteiger partial charge is 0.0651 e. The van der Waals surface area contributed by atoms with Crippen molar-refractivity contribution in [3.05, 3.63) is 47.1 Å². The maximum atomic E-state index is 10.3. The molecule has 30 heavy (non-hydrogen) atoms. The molecule has 1 fully saturated rings. The van der Waals surface area contributed by atoms with E-state index < -0.39 is 5.60 Å². The van der Waals surface area contributed by atoms with Crippen molar-refractivity contribution in [2.75, 3.05) is 0 Å². The van der Waals surface area contributed by atoms with Crippen LogP contribution in [0.2, 0.25) is 0 Å². The number of aliphatic hydroxyl groups excluding tert-OH is 1. The summed E-state index contributed by atoms with van der Waals surface area (Å²) in [7, 11) is 0. The fraction of sp³-hybridized carbons (Fsp3) is 0.714. The van der Waals surface area contributed by atoms with Crippen molar-refractivity contribution >= 4 is 0 Å². The van der Waals surface area contributed by atoms with Gasteiger partial charge in [-0.05, 0) is 100 Å². The predicted molar refractivity (Wildman–Crippen MR) is 127 cm³/mol. The second-order valence-corrected chi connectivity index (χ2v) is 11.2. The van der Waals surface area contributed by atoms with Crippen molar-refractivity contribution < 1.29 is 10.2 Å². The Kier molecular flexibility index (Phi) is 7.19. The van der Waals surface area contributed by atoms with Gasteiger partial charge < -0.3 is 10.2 Å². The summed E-state index contributed by atoms with van der Waals surface area (Å²) in [6, 6.07) is 0. The highest BCUT2D eigenvalue weighted by molar-refractivity contribution is 5.36. The number of allylic oxidation sites excluding steroid dienone is 6. The van der Waals surface area contributed by atoms with Crippen molar-refractivity contribution in [3.63, 3.8) is 0 Å². The van der Waals surface area contributed by atoms with Crippen molar-refractivity contribution in [1.29, 1.82) is 0 Å². The minimum atomic E-state index is -0.663. The Labute approximate surface area is 184 Å². The average molecular weight is 413 g/mol. The SMILES string of the molecule is CC1=C(/C=C/C2=CCC[C@@]3(C)C2CC[C@@H]3C(C)/C=C/C(C)C(C)(C)O)C[C@H](O)CC1. The van der Waals surface area contributed by atoms with Crippen LogP contribution in [-0.2, 0) is 0 Å². The van der Waals surface area contributed by atoms with Crippen LogP contribution in [0.15, 0.2) is 47.1 Å². The molecule has 1 saturated carbocycles. The highest BCUT2D eigenvalue weighted by Gasteiger charge is 2.49. The van der Waals surface area contributed by atoms with Gasteiger partial charge >= 0.3 is 0 Å². The van der Waals surface area contributed by atoms with Crippen LogP contribution in [0.3, 0.4) is 0 Å². The molecule has 2 nitrogen and oxygen atoms in total. The molecule has 3 aliphatic carbocycles. The van der Waals surface area contributed by atoms with Crippen LogP contribution in [0, 0.1) is 29.1 Å². The molecule has 0 aromatic heterocycles. The van der Waals surface area contributed by atoms with Crippen molar-refractivity contribution in [1.82, 2.24) is 0 Å². The van der Waals surface area contributed by atoms with E-state index in [9.17, 15) is 10.2 Å². The molecule has 3 aliphatic rings. The van der Waals surface area contributed by atoms with E-state index in [2.05, 4.69) is 58.1 Å². The summed E-state index contributed by atoms with van der Waals surface area (Å²) < 4.78 is 0. The molecule has 0 bridgehead atoms. The molecule has 2 heteroatoms. The summed E-state index contributed by atoms with van der Waals surface area (Å²) in [5.41, 5.74) is 4.00. The van der Waals surface area contributed by atoms with E-state index in [1.54, 1.807) is 0 Å². The molecule has 3 rings (SSSR count). The second-order valence-electron chi connectivity index (χ2n) is 11.2. The zero-order valence-corrected chi connectivity index (χ0v) is 20.1. The first-order chi connectivity index (χ1) is 14.0. The van der Waals surface area contributed by atoms with E-state index in [-0.39, 0.29) is 12.0 Å². The fourth-order valence-electron chi connectivity index (χ4n) is 6.10. The van der Waals surface area contributed by atoms with Gasteiger partial charge in [-0.25, -0.2) is 0 Å². The van der Waals surface area contributed by atoms with Crippen LogP contribution in [0.5, 0.6) is 0 Å². The lowest BCUT2D eigenvalue weighted by Gasteiger charge is -2.42. The Hall–Kier alpha value is -1.12. The zero-order valence-electron chi connectivity index (χ0n) is 20.1. The van der Waals surface area contributed by atoms with Crippen LogP contribution < -0.4 is 0 Å². The molecule has 6 atom stereocenters. The molecule has 2 N–H and O–H groups in total. The van der Waals surface area contributed by atoms with Gasteiger partial charge in [0.15, 0.2) is 0 Å². The van der Waals surface area contributed by atoms with Crippen LogP contribution in [0.25, 0.3) is 0 Å². The highest BCUT2D eigenvalue weighted by Crippen LogP contribution is 2.58. The molecular weight excluding hydrogens is 368 g/mol. The van der Waals surface area contributed by atoms with E-state index in [1.165, 1.54) is 42.4 Å². The van der Waals surface area contributed by atoms with Crippen molar-refractivity contribution in [3.8, 4) is 0 Å². The van der Waals surface area contributed by atoms with Gasteiger partial charge in [-0.2, -0.15) is 0 Å². The third kappa shape index (κ3) is 5.02. The average Bonchev–Trinajstić information content (AvgIpc) is 3.03. The Bertz CT molecular complexity index is 732. The third-order valence-electron chi connectivity index (χ3n) is 8.66. The predicted octanol–water partition coefficient (Wildman–Crippen LogP) is 6.76. The van der Waals surface area contributed by atoms with E-state index >= 15 is 0 Å². The van der Waals surface area contributed by atoms with E-state index in [4.69, 9.17) is 0 Å². The summed E-state index contributed by atoms with van der Waals surface area (Å²) in [5, 5.41) is 20.3. The Morgan fingerprint density at radius 1 is 1.13 bits per heavy atom. The fourth-order valence-corrected chi connectivity index (χ4v) is 6.10. The van der Waals surface area contributed by atoms with Gasteiger partial charge in [0.25, 0.3) is 0 Å². The number of hydrogen-bond donors (Lipinski definition) is 2. The van der Waals surface area contributed by atoms with Gasteiger partial charge in [-0.15, -0.1) is 0 Å². The van der Waals surface area contributed by atoms with Gasteiger partial charge in [0.2, 0.25) is 0 Å². The first-order valence-corrected chi connectivity index (χ1v) is 12.2. The molecule has 3 unspecified atom stereocenters. The molecule has 0 saturated heterocycles. The highest BCUT2D eigenvalue weighted by atomic mass is 16.3. The number of rotatable bonds is 6. The van der Waals surface area contributed by atoms with Gasteiger partial charge in [0.05, 0.1) is 11.7 Å². The number of hydrogen-bond acceptors (Lipinski definition) is 2. The monoisotopic (exact) mass is 412 g/mol. The van der Waals surface area contributed by atoms with Crippen LogP contribution in [0.1, 0.15) is 86.5 Å². The molecule has 0 heterocycles. The number of aliphatic hydroxyl groups is 2. The number of fused-ring (bicyclic) bond motifs is 1. The molecule has 0 aromatic rings. The summed E-state index contributed by atoms with van der Waals surface area (Å²) in [5.74, 6) is 2.04. The minimum absolute atomic E-state index is 0.164. The molecule has 0 aliphatic heterocycles. The Morgan fingerprint density at radius 2 is 1.87 bits per heavy atom. The normalized spacial score (nSPS) is 35.1. The third-order valence-corrected chi connectivity index (χ3v) is 8.66. The second kappa shape index (κ2) is 9.17. The topological polar surface area (TPSA) is 40.5 Å².